The summed E-state index contributed by atoms with van der Waals surface area (Å²) in [4.78, 5) is 2.94. The number of H-pyrrole nitrogens is 1. The molecule has 1 aliphatic rings. The maximum Gasteiger partial charge on any atom is 0.180 e. The number of fused-ring (bicyclic) bond motifs is 1. The summed E-state index contributed by atoms with van der Waals surface area (Å²) in [6.45, 7) is -0.406. The number of nitrogens with zero attached hydrogens (tertiary/aromatic N) is 1. The number of hydrogen-bond acceptors (Lipinski definition) is 5. The number of aromatic amines is 1. The minimum absolute atomic E-state index is 0.290. The molecule has 2 heterocycles. The first-order valence-electron chi connectivity index (χ1n) is 6.15. The van der Waals surface area contributed by atoms with Crippen molar-refractivity contribution in [3.05, 3.63) is 26.9 Å². The fourth-order valence-electron chi connectivity index (χ4n) is 2.47. The number of imidazole rings is 1. The lowest BCUT2D eigenvalue weighted by molar-refractivity contribution is -0.0514. The molecule has 1 aromatic carbocycles. The summed E-state index contributed by atoms with van der Waals surface area (Å²) >= 11 is 17.2. The molecule has 0 bridgehead atoms. The Bertz CT molecular complexity index is 747. The van der Waals surface area contributed by atoms with Gasteiger partial charge in [0.15, 0.2) is 11.0 Å². The molecule has 3 rings (SSSR count). The van der Waals surface area contributed by atoms with Crippen molar-refractivity contribution in [2.75, 3.05) is 6.61 Å². The highest BCUT2D eigenvalue weighted by atomic mass is 35.5. The van der Waals surface area contributed by atoms with Gasteiger partial charge < -0.3 is 25.0 Å². The lowest BCUT2D eigenvalue weighted by Crippen LogP contribution is -2.33. The van der Waals surface area contributed by atoms with Crippen LogP contribution in [0.2, 0.25) is 10.0 Å². The number of hydrogen-bond donors (Lipinski definition) is 4. The van der Waals surface area contributed by atoms with Gasteiger partial charge in [0, 0.05) is 0 Å². The van der Waals surface area contributed by atoms with Crippen molar-refractivity contribution < 1.29 is 20.1 Å². The first-order chi connectivity index (χ1) is 9.93. The van der Waals surface area contributed by atoms with Crippen molar-refractivity contribution in [2.24, 2.45) is 0 Å². The van der Waals surface area contributed by atoms with E-state index in [0.717, 1.165) is 0 Å². The third-order valence-electron chi connectivity index (χ3n) is 3.53. The number of aliphatic hydroxyl groups is 3. The van der Waals surface area contributed by atoms with Crippen LogP contribution in [0.4, 0.5) is 0 Å². The predicted octanol–water partition coefficient (Wildman–Crippen LogP) is 1.62. The maximum absolute atomic E-state index is 10.1. The van der Waals surface area contributed by atoms with Crippen LogP contribution in [0.1, 0.15) is 6.23 Å². The monoisotopic (exact) mass is 350 g/mol. The number of aromatic nitrogens is 2. The van der Waals surface area contributed by atoms with E-state index in [1.807, 2.05) is 0 Å². The van der Waals surface area contributed by atoms with Gasteiger partial charge in [-0.25, -0.2) is 0 Å². The van der Waals surface area contributed by atoms with Gasteiger partial charge in [-0.2, -0.15) is 0 Å². The van der Waals surface area contributed by atoms with E-state index in [1.165, 1.54) is 4.57 Å². The van der Waals surface area contributed by atoms with E-state index in [2.05, 4.69) is 4.98 Å². The molecule has 4 N–H and O–H groups in total. The van der Waals surface area contributed by atoms with E-state index in [9.17, 15) is 10.2 Å². The SMILES string of the molecule is OC[C@@H]1O[C@@H](n2c(=S)[nH]c3cc(Cl)c(Cl)cc32)[C@@H](O)C1O. The second kappa shape index (κ2) is 5.51. The highest BCUT2D eigenvalue weighted by Crippen LogP contribution is 2.34. The summed E-state index contributed by atoms with van der Waals surface area (Å²) in [7, 11) is 0. The molecule has 1 fully saturated rings. The molecule has 1 aliphatic heterocycles. The Kier molecular flexibility index (Phi) is 4.00. The number of ether oxygens (including phenoxy) is 1. The molecular weight excluding hydrogens is 339 g/mol. The van der Waals surface area contributed by atoms with Crippen LogP contribution in [0.3, 0.4) is 0 Å². The molecule has 114 valence electrons. The highest BCUT2D eigenvalue weighted by Gasteiger charge is 2.44. The Morgan fingerprint density at radius 1 is 1.24 bits per heavy atom. The Hall–Kier alpha value is -0.670. The van der Waals surface area contributed by atoms with Gasteiger partial charge in [0.1, 0.15) is 18.3 Å². The number of halogens is 2. The van der Waals surface area contributed by atoms with Crippen molar-refractivity contribution in [1.29, 1.82) is 0 Å². The molecule has 0 spiro atoms. The number of nitrogens with one attached hydrogen (secondary N) is 1. The summed E-state index contributed by atoms with van der Waals surface area (Å²) in [5, 5.41) is 29.8. The Labute approximate surface area is 134 Å². The zero-order valence-electron chi connectivity index (χ0n) is 10.5. The average molecular weight is 351 g/mol. The topological polar surface area (TPSA) is 90.6 Å². The van der Waals surface area contributed by atoms with Gasteiger partial charge in [0.2, 0.25) is 0 Å². The molecule has 9 heteroatoms. The second-order valence-corrected chi connectivity index (χ2v) is 6.01. The molecule has 6 nitrogen and oxygen atoms in total. The average Bonchev–Trinajstić information content (AvgIpc) is 2.89. The third kappa shape index (κ3) is 2.39. The van der Waals surface area contributed by atoms with Crippen molar-refractivity contribution >= 4 is 46.5 Å². The van der Waals surface area contributed by atoms with E-state index in [4.69, 9.17) is 45.3 Å². The van der Waals surface area contributed by atoms with Gasteiger partial charge in [-0.3, -0.25) is 4.57 Å². The summed E-state index contributed by atoms with van der Waals surface area (Å²) in [5.41, 5.74) is 1.22. The lowest BCUT2D eigenvalue weighted by Gasteiger charge is -2.17. The number of rotatable bonds is 2. The van der Waals surface area contributed by atoms with Gasteiger partial charge in [-0.1, -0.05) is 23.2 Å². The van der Waals surface area contributed by atoms with E-state index >= 15 is 0 Å². The molecule has 0 radical (unpaired) electrons. The molecule has 0 amide bonds. The zero-order valence-corrected chi connectivity index (χ0v) is 12.9. The van der Waals surface area contributed by atoms with E-state index in [0.29, 0.717) is 21.1 Å². The van der Waals surface area contributed by atoms with Gasteiger partial charge in [0.25, 0.3) is 0 Å². The van der Waals surface area contributed by atoms with Crippen LogP contribution in [0.15, 0.2) is 12.1 Å². The normalized spacial score (nSPS) is 29.4. The first-order valence-corrected chi connectivity index (χ1v) is 7.32. The summed E-state index contributed by atoms with van der Waals surface area (Å²) in [6, 6.07) is 3.22. The second-order valence-electron chi connectivity index (χ2n) is 4.81. The number of benzene rings is 1. The van der Waals surface area contributed by atoms with Gasteiger partial charge in [-0.05, 0) is 24.4 Å². The molecule has 0 saturated carbocycles. The quantitative estimate of drug-likeness (QED) is 0.618. The Balaban J connectivity index is 2.15. The fourth-order valence-corrected chi connectivity index (χ4v) is 3.10. The van der Waals surface area contributed by atoms with Crippen molar-refractivity contribution in [3.63, 3.8) is 0 Å². The van der Waals surface area contributed by atoms with Crippen LogP contribution in [0.5, 0.6) is 0 Å². The van der Waals surface area contributed by atoms with Gasteiger partial charge in [-0.15, -0.1) is 0 Å². The molecule has 21 heavy (non-hydrogen) atoms. The maximum atomic E-state index is 10.1. The predicted molar refractivity (Wildman–Crippen MR) is 80.2 cm³/mol. The van der Waals surface area contributed by atoms with Crippen LogP contribution < -0.4 is 0 Å². The minimum atomic E-state index is -1.22. The summed E-state index contributed by atoms with van der Waals surface area (Å²) in [5.74, 6) is 0. The van der Waals surface area contributed by atoms with Crippen molar-refractivity contribution in [1.82, 2.24) is 9.55 Å². The summed E-state index contributed by atoms with van der Waals surface area (Å²) in [6.07, 6.45) is -4.22. The third-order valence-corrected chi connectivity index (χ3v) is 4.55. The molecule has 1 aromatic heterocycles. The van der Waals surface area contributed by atoms with E-state index in [1.54, 1.807) is 12.1 Å². The van der Waals surface area contributed by atoms with E-state index in [-0.39, 0.29) is 4.77 Å². The molecule has 0 aliphatic carbocycles. The fraction of sp³-hybridized carbons (Fsp3) is 0.417. The molecular formula is C12H12Cl2N2O4S. The van der Waals surface area contributed by atoms with Gasteiger partial charge in [0.05, 0.1) is 27.7 Å². The van der Waals surface area contributed by atoms with E-state index < -0.39 is 31.1 Å². The molecule has 4 atom stereocenters. The molecule has 2 aromatic rings. The smallest absolute Gasteiger partial charge is 0.180 e. The van der Waals surface area contributed by atoms with Crippen LogP contribution in [0.25, 0.3) is 11.0 Å². The van der Waals surface area contributed by atoms with Gasteiger partial charge >= 0.3 is 0 Å². The van der Waals surface area contributed by atoms with Crippen LogP contribution in [0, 0.1) is 4.77 Å². The van der Waals surface area contributed by atoms with Crippen molar-refractivity contribution in [3.8, 4) is 0 Å². The lowest BCUT2D eigenvalue weighted by atomic mass is 10.1. The first kappa shape index (κ1) is 15.2. The largest absolute Gasteiger partial charge is 0.394 e. The van der Waals surface area contributed by atoms with Crippen LogP contribution in [-0.2, 0) is 4.74 Å². The Morgan fingerprint density at radius 3 is 2.52 bits per heavy atom. The summed E-state index contributed by atoms with van der Waals surface area (Å²) < 4.78 is 7.29. The minimum Gasteiger partial charge on any atom is -0.394 e. The zero-order chi connectivity index (χ0) is 15.3. The standard InChI is InChI=1S/C12H12Cl2N2O4S/c13-4-1-6-7(2-5(4)14)16(12(21)15-6)11-10(19)9(18)8(3-17)20-11/h1-2,8-11,17-19H,3H2,(H,15,21)/t8-,9?,10-,11+/m0/s1. The number of aliphatic hydroxyl groups excluding tert-OH is 3. The highest BCUT2D eigenvalue weighted by molar-refractivity contribution is 7.71. The molecule has 1 saturated heterocycles. The van der Waals surface area contributed by atoms with Crippen molar-refractivity contribution in [2.45, 2.75) is 24.5 Å². The Morgan fingerprint density at radius 2 is 1.90 bits per heavy atom. The van der Waals surface area contributed by atoms with Crippen LogP contribution >= 0.6 is 35.4 Å². The van der Waals surface area contributed by atoms with Crippen LogP contribution in [-0.4, -0.2) is 49.8 Å². The molecule has 1 unspecified atom stereocenters.